The van der Waals surface area contributed by atoms with Crippen LogP contribution in [0.4, 0.5) is 4.79 Å². The van der Waals surface area contributed by atoms with E-state index in [2.05, 4.69) is 0 Å². The van der Waals surface area contributed by atoms with Gasteiger partial charge >= 0.3 is 12.1 Å². The molecular weight excluding hydrogens is 452 g/mol. The molecule has 0 radical (unpaired) electrons. The van der Waals surface area contributed by atoms with Gasteiger partial charge in [-0.2, -0.15) is 0 Å². The number of rotatable bonds is 7. The average molecular weight is 481 g/mol. The quantitative estimate of drug-likeness (QED) is 0.489. The Morgan fingerprint density at radius 2 is 2.09 bits per heavy atom. The second-order valence-corrected chi connectivity index (χ2v) is 9.56. The van der Waals surface area contributed by atoms with Gasteiger partial charge in [0.1, 0.15) is 12.4 Å². The first-order chi connectivity index (χ1) is 15.3. The maximum atomic E-state index is 12.0. The highest BCUT2D eigenvalue weighted by Gasteiger charge is 2.29. The van der Waals surface area contributed by atoms with Crippen LogP contribution in [0.3, 0.4) is 0 Å². The molecule has 0 unspecified atom stereocenters. The Morgan fingerprint density at radius 3 is 2.78 bits per heavy atom. The van der Waals surface area contributed by atoms with E-state index in [1.165, 1.54) is 23.3 Å². The lowest BCUT2D eigenvalue weighted by Crippen LogP contribution is -2.30. The number of thiophene rings is 1. The summed E-state index contributed by atoms with van der Waals surface area (Å²) < 4.78 is 17.1. The number of halogens is 1. The lowest BCUT2D eigenvalue weighted by molar-refractivity contribution is -0.147. The van der Waals surface area contributed by atoms with Gasteiger partial charge in [0.25, 0.3) is 0 Å². The summed E-state index contributed by atoms with van der Waals surface area (Å²) >= 11 is 7.64. The highest BCUT2D eigenvalue weighted by molar-refractivity contribution is 7.19. The van der Waals surface area contributed by atoms with Crippen molar-refractivity contribution in [2.24, 2.45) is 5.92 Å². The first kappa shape index (κ1) is 24.3. The normalized spacial score (nSPS) is 18.2. The van der Waals surface area contributed by atoms with Crippen molar-refractivity contribution in [1.29, 1.82) is 0 Å². The Morgan fingerprint density at radius 1 is 1.31 bits per heavy atom. The van der Waals surface area contributed by atoms with Crippen molar-refractivity contribution >= 4 is 35.0 Å². The van der Waals surface area contributed by atoms with E-state index >= 15 is 0 Å². The molecule has 0 saturated heterocycles. The van der Waals surface area contributed by atoms with E-state index in [0.29, 0.717) is 23.1 Å². The number of pyridine rings is 1. The molecule has 0 N–H and O–H groups in total. The summed E-state index contributed by atoms with van der Waals surface area (Å²) in [6.45, 7) is 4.47. The Bertz CT molecular complexity index is 964. The van der Waals surface area contributed by atoms with Crippen LogP contribution in [-0.4, -0.2) is 48.8 Å². The van der Waals surface area contributed by atoms with Gasteiger partial charge in [-0.15, -0.1) is 11.3 Å². The van der Waals surface area contributed by atoms with Crippen LogP contribution < -0.4 is 4.74 Å². The Kier molecular flexibility index (Phi) is 8.37. The predicted molar refractivity (Wildman–Crippen MR) is 124 cm³/mol. The van der Waals surface area contributed by atoms with Crippen molar-refractivity contribution in [1.82, 2.24) is 9.88 Å². The summed E-state index contributed by atoms with van der Waals surface area (Å²) in [6, 6.07) is 5.58. The Labute approximate surface area is 197 Å². The summed E-state index contributed by atoms with van der Waals surface area (Å²) in [7, 11) is 3.11. The van der Waals surface area contributed by atoms with Crippen LogP contribution in [0.25, 0.3) is 10.6 Å². The molecule has 1 amide bonds. The number of esters is 1. The zero-order valence-electron chi connectivity index (χ0n) is 18.9. The molecule has 1 aliphatic carbocycles. The fourth-order valence-electron chi connectivity index (χ4n) is 3.71. The van der Waals surface area contributed by atoms with Gasteiger partial charge in [-0.05, 0) is 57.7 Å². The number of carbonyl (C=O) groups is 2. The molecule has 0 spiro atoms. The molecular formula is C23H29ClN2O5S. The van der Waals surface area contributed by atoms with Gasteiger partial charge in [0.05, 0.1) is 39.7 Å². The second-order valence-electron chi connectivity index (χ2n) is 7.88. The van der Waals surface area contributed by atoms with Crippen LogP contribution in [0.5, 0.6) is 5.75 Å². The fraction of sp³-hybridized carbons (Fsp3) is 0.522. The van der Waals surface area contributed by atoms with Crippen LogP contribution in [0.1, 0.15) is 43.9 Å². The van der Waals surface area contributed by atoms with Crippen molar-refractivity contribution < 1.29 is 23.8 Å². The third-order valence-electron chi connectivity index (χ3n) is 5.64. The van der Waals surface area contributed by atoms with Gasteiger partial charge in [-0.3, -0.25) is 4.79 Å². The third kappa shape index (κ3) is 5.92. The highest BCUT2D eigenvalue weighted by Crippen LogP contribution is 2.37. The average Bonchev–Trinajstić information content (AvgIpc) is 3.18. The Hall–Kier alpha value is -2.32. The van der Waals surface area contributed by atoms with Crippen molar-refractivity contribution in [2.75, 3.05) is 20.7 Å². The summed E-state index contributed by atoms with van der Waals surface area (Å²) in [4.78, 5) is 30.9. The summed E-state index contributed by atoms with van der Waals surface area (Å²) in [6.07, 6.45) is 2.89. The second kappa shape index (κ2) is 11.0. The van der Waals surface area contributed by atoms with Crippen LogP contribution in [-0.2, 0) is 20.9 Å². The first-order valence-electron chi connectivity index (χ1n) is 10.7. The van der Waals surface area contributed by atoms with E-state index in [1.54, 1.807) is 13.1 Å². The van der Waals surface area contributed by atoms with Gasteiger partial charge in [0.2, 0.25) is 0 Å². The number of nitrogens with zero attached hydrogens (tertiary/aromatic N) is 2. The Balaban J connectivity index is 1.71. The summed E-state index contributed by atoms with van der Waals surface area (Å²) in [5.41, 5.74) is 2.31. The van der Waals surface area contributed by atoms with E-state index in [1.807, 2.05) is 26.0 Å². The minimum absolute atomic E-state index is 0.0408. The lowest BCUT2D eigenvalue weighted by Gasteiger charge is -2.28. The largest absolute Gasteiger partial charge is 0.489 e. The fourth-order valence-corrected chi connectivity index (χ4v) is 4.94. The van der Waals surface area contributed by atoms with E-state index in [0.717, 1.165) is 41.1 Å². The molecule has 32 heavy (non-hydrogen) atoms. The maximum absolute atomic E-state index is 12.0. The minimum Gasteiger partial charge on any atom is -0.489 e. The van der Waals surface area contributed by atoms with Crippen LogP contribution in [0.15, 0.2) is 18.2 Å². The SMILES string of the molecule is CCN(C)C(=O)OCc1cc(Cl)sc1-c1ccc(O[C@H]2CCC[C@H](C(=O)OC)C2)c(C)n1. The molecule has 0 aliphatic heterocycles. The van der Waals surface area contributed by atoms with Gasteiger partial charge in [-0.25, -0.2) is 9.78 Å². The van der Waals surface area contributed by atoms with Gasteiger partial charge in [-0.1, -0.05) is 11.6 Å². The molecule has 2 heterocycles. The maximum Gasteiger partial charge on any atom is 0.409 e. The number of methoxy groups -OCH3 is 1. The first-order valence-corrected chi connectivity index (χ1v) is 11.9. The third-order valence-corrected chi connectivity index (χ3v) is 6.97. The molecule has 3 rings (SSSR count). The van der Waals surface area contributed by atoms with Gasteiger partial charge in [0.15, 0.2) is 0 Å². The summed E-state index contributed by atoms with van der Waals surface area (Å²) in [5, 5.41) is 0. The lowest BCUT2D eigenvalue weighted by atomic mass is 9.87. The number of aromatic nitrogens is 1. The standard InChI is InChI=1S/C23H29ClN2O5S/c1-5-26(3)23(28)30-13-16-12-20(24)32-21(16)18-9-10-19(14(2)25-18)31-17-8-6-7-15(11-17)22(27)29-4/h9-10,12,15,17H,5-8,11,13H2,1-4H3/t15-,17-/m0/s1. The molecule has 2 atom stereocenters. The number of carbonyl (C=O) groups excluding carboxylic acids is 2. The minimum atomic E-state index is -0.383. The molecule has 1 aliphatic rings. The molecule has 2 aromatic rings. The van der Waals surface area contributed by atoms with Gasteiger partial charge in [0, 0.05) is 19.2 Å². The molecule has 9 heteroatoms. The topological polar surface area (TPSA) is 78.0 Å². The molecule has 1 fully saturated rings. The highest BCUT2D eigenvalue weighted by atomic mass is 35.5. The van der Waals surface area contributed by atoms with Crippen LogP contribution >= 0.6 is 22.9 Å². The predicted octanol–water partition coefficient (Wildman–Crippen LogP) is 5.47. The molecule has 2 aromatic heterocycles. The van der Waals surface area contributed by atoms with E-state index in [4.69, 9.17) is 30.8 Å². The van der Waals surface area contributed by atoms with E-state index < -0.39 is 0 Å². The molecule has 0 bridgehead atoms. The number of hydrogen-bond donors (Lipinski definition) is 0. The molecule has 7 nitrogen and oxygen atoms in total. The molecule has 0 aromatic carbocycles. The van der Waals surface area contributed by atoms with Crippen molar-refractivity contribution in [2.45, 2.75) is 52.2 Å². The van der Waals surface area contributed by atoms with Gasteiger partial charge < -0.3 is 19.1 Å². The number of hydrogen-bond acceptors (Lipinski definition) is 7. The van der Waals surface area contributed by atoms with E-state index in [-0.39, 0.29) is 30.7 Å². The van der Waals surface area contributed by atoms with Crippen LogP contribution in [0, 0.1) is 12.8 Å². The van der Waals surface area contributed by atoms with Crippen molar-refractivity contribution in [3.63, 3.8) is 0 Å². The smallest absolute Gasteiger partial charge is 0.409 e. The van der Waals surface area contributed by atoms with Crippen LogP contribution in [0.2, 0.25) is 4.34 Å². The molecule has 174 valence electrons. The number of ether oxygens (including phenoxy) is 3. The molecule has 1 saturated carbocycles. The summed E-state index contributed by atoms with van der Waals surface area (Å²) in [5.74, 6) is 0.414. The zero-order valence-corrected chi connectivity index (χ0v) is 20.4. The number of amides is 1. The zero-order chi connectivity index (χ0) is 23.3. The monoisotopic (exact) mass is 480 g/mol. The van der Waals surface area contributed by atoms with Crippen molar-refractivity contribution in [3.8, 4) is 16.3 Å². The number of aryl methyl sites for hydroxylation is 1. The van der Waals surface area contributed by atoms with E-state index in [9.17, 15) is 9.59 Å². The van der Waals surface area contributed by atoms with Crippen molar-refractivity contribution in [3.05, 3.63) is 33.8 Å².